The van der Waals surface area contributed by atoms with Gasteiger partial charge < -0.3 is 9.47 Å². The van der Waals surface area contributed by atoms with Crippen molar-refractivity contribution in [3.8, 4) is 0 Å². The van der Waals surface area contributed by atoms with Gasteiger partial charge in [-0.1, -0.05) is 30.2 Å². The van der Waals surface area contributed by atoms with Gasteiger partial charge in [0.05, 0.1) is 12.7 Å². The molecule has 1 saturated heterocycles. The van der Waals surface area contributed by atoms with E-state index < -0.39 is 0 Å². The number of allylic oxidation sites excluding steroid dienone is 4. The first-order valence-corrected chi connectivity index (χ1v) is 10.2. The first kappa shape index (κ1) is 21.2. The SMILES string of the molecule is CCOC(=O)C(C)N1CC(C)OC1C1(C)CCC=C(CCC=C(C)C)C1. The van der Waals surface area contributed by atoms with E-state index in [-0.39, 0.29) is 29.8 Å². The molecule has 0 bridgehead atoms. The zero-order valence-electron chi connectivity index (χ0n) is 17.5. The van der Waals surface area contributed by atoms with Crippen molar-refractivity contribution in [3.63, 3.8) is 0 Å². The van der Waals surface area contributed by atoms with Crippen molar-refractivity contribution in [3.05, 3.63) is 23.3 Å². The molecule has 4 atom stereocenters. The highest BCUT2D eigenvalue weighted by molar-refractivity contribution is 5.75. The first-order chi connectivity index (χ1) is 12.3. The number of carbonyl (C=O) groups is 1. The predicted molar refractivity (Wildman–Crippen MR) is 106 cm³/mol. The summed E-state index contributed by atoms with van der Waals surface area (Å²) in [7, 11) is 0. The number of carbonyl (C=O) groups excluding carboxylic acids is 1. The Morgan fingerprint density at radius 3 is 2.88 bits per heavy atom. The molecule has 0 N–H and O–H groups in total. The molecule has 2 rings (SSSR count). The topological polar surface area (TPSA) is 38.8 Å². The summed E-state index contributed by atoms with van der Waals surface area (Å²) < 4.78 is 11.6. The van der Waals surface area contributed by atoms with Crippen molar-refractivity contribution in [1.29, 1.82) is 0 Å². The molecule has 1 aliphatic heterocycles. The van der Waals surface area contributed by atoms with Gasteiger partial charge in [-0.2, -0.15) is 0 Å². The van der Waals surface area contributed by atoms with Crippen LogP contribution in [0.4, 0.5) is 0 Å². The van der Waals surface area contributed by atoms with Crippen molar-refractivity contribution in [2.75, 3.05) is 13.2 Å². The maximum absolute atomic E-state index is 12.3. The predicted octanol–water partition coefficient (Wildman–Crippen LogP) is 4.85. The molecule has 0 radical (unpaired) electrons. The van der Waals surface area contributed by atoms with E-state index in [1.807, 2.05) is 13.8 Å². The van der Waals surface area contributed by atoms with Crippen LogP contribution in [0.2, 0.25) is 0 Å². The van der Waals surface area contributed by atoms with Crippen LogP contribution in [0.3, 0.4) is 0 Å². The summed E-state index contributed by atoms with van der Waals surface area (Å²) in [6, 6.07) is -0.262. The Hall–Kier alpha value is -1.13. The van der Waals surface area contributed by atoms with Crippen LogP contribution in [0.5, 0.6) is 0 Å². The van der Waals surface area contributed by atoms with Crippen LogP contribution in [-0.2, 0) is 14.3 Å². The molecule has 1 fully saturated rings. The van der Waals surface area contributed by atoms with E-state index in [1.54, 1.807) is 0 Å². The fourth-order valence-electron chi connectivity index (χ4n) is 4.29. The van der Waals surface area contributed by atoms with Crippen LogP contribution < -0.4 is 0 Å². The summed E-state index contributed by atoms with van der Waals surface area (Å²) in [5.41, 5.74) is 2.95. The molecule has 26 heavy (non-hydrogen) atoms. The molecule has 2 aliphatic rings. The Morgan fingerprint density at radius 1 is 1.50 bits per heavy atom. The Kier molecular flexibility index (Phi) is 7.48. The second kappa shape index (κ2) is 9.18. The van der Waals surface area contributed by atoms with Gasteiger partial charge in [0.1, 0.15) is 12.3 Å². The molecule has 0 amide bonds. The van der Waals surface area contributed by atoms with Crippen LogP contribution in [0.15, 0.2) is 23.3 Å². The zero-order chi connectivity index (χ0) is 19.3. The third kappa shape index (κ3) is 5.20. The average molecular weight is 364 g/mol. The van der Waals surface area contributed by atoms with Gasteiger partial charge in [-0.25, -0.2) is 0 Å². The van der Waals surface area contributed by atoms with Gasteiger partial charge in [-0.05, 0) is 66.7 Å². The minimum Gasteiger partial charge on any atom is -0.465 e. The molecule has 0 saturated carbocycles. The number of esters is 1. The second-order valence-corrected chi connectivity index (χ2v) is 8.48. The molecule has 1 aliphatic carbocycles. The maximum Gasteiger partial charge on any atom is 0.323 e. The van der Waals surface area contributed by atoms with Gasteiger partial charge in [0.15, 0.2) is 0 Å². The van der Waals surface area contributed by atoms with E-state index in [2.05, 4.69) is 44.7 Å². The van der Waals surface area contributed by atoms with Gasteiger partial charge in [-0.15, -0.1) is 0 Å². The summed E-state index contributed by atoms with van der Waals surface area (Å²) in [5.74, 6) is -0.145. The third-order valence-corrected chi connectivity index (χ3v) is 5.65. The Bertz CT molecular complexity index is 550. The average Bonchev–Trinajstić information content (AvgIpc) is 2.97. The van der Waals surface area contributed by atoms with Gasteiger partial charge in [-0.3, -0.25) is 9.69 Å². The van der Waals surface area contributed by atoms with Gasteiger partial charge in [0.25, 0.3) is 0 Å². The first-order valence-electron chi connectivity index (χ1n) is 10.2. The van der Waals surface area contributed by atoms with Crippen LogP contribution in [0.1, 0.15) is 73.6 Å². The standard InChI is InChI=1S/C22H37NO3/c1-7-25-20(24)18(5)23-15-17(4)26-21(23)22(6)13-9-12-19(14-22)11-8-10-16(2)3/h10,12,17-18,21H,7-9,11,13-15H2,1-6H3. The Morgan fingerprint density at radius 2 is 2.23 bits per heavy atom. The monoisotopic (exact) mass is 363 g/mol. The lowest BCUT2D eigenvalue weighted by atomic mass is 9.72. The van der Waals surface area contributed by atoms with Crippen LogP contribution >= 0.6 is 0 Å². The molecule has 0 aromatic heterocycles. The smallest absolute Gasteiger partial charge is 0.323 e. The third-order valence-electron chi connectivity index (χ3n) is 5.65. The van der Waals surface area contributed by atoms with Crippen LogP contribution in [-0.4, -0.2) is 42.4 Å². The molecule has 1 heterocycles. The van der Waals surface area contributed by atoms with Gasteiger partial charge in [0, 0.05) is 12.0 Å². The fraction of sp³-hybridized carbons (Fsp3) is 0.773. The van der Waals surface area contributed by atoms with Crippen molar-refractivity contribution in [1.82, 2.24) is 4.90 Å². The minimum absolute atomic E-state index is 0.0240. The zero-order valence-corrected chi connectivity index (χ0v) is 17.5. The van der Waals surface area contributed by atoms with Crippen molar-refractivity contribution < 1.29 is 14.3 Å². The lowest BCUT2D eigenvalue weighted by Gasteiger charge is -2.43. The molecule has 0 aromatic rings. The second-order valence-electron chi connectivity index (χ2n) is 8.48. The van der Waals surface area contributed by atoms with E-state index in [0.29, 0.717) is 6.61 Å². The highest BCUT2D eigenvalue weighted by Gasteiger charge is 2.47. The quantitative estimate of drug-likeness (QED) is 0.479. The minimum atomic E-state index is -0.262. The lowest BCUT2D eigenvalue weighted by Crippen LogP contribution is -2.51. The summed E-state index contributed by atoms with van der Waals surface area (Å²) in [6.45, 7) is 13.8. The van der Waals surface area contributed by atoms with E-state index >= 15 is 0 Å². The number of hydrogen-bond acceptors (Lipinski definition) is 4. The normalized spacial score (nSPS) is 30.6. The van der Waals surface area contributed by atoms with Crippen LogP contribution in [0, 0.1) is 5.41 Å². The summed E-state index contributed by atoms with van der Waals surface area (Å²) >= 11 is 0. The molecule has 148 valence electrons. The maximum atomic E-state index is 12.3. The molecule has 4 heteroatoms. The molecule has 4 unspecified atom stereocenters. The summed E-state index contributed by atoms with van der Waals surface area (Å²) in [6.07, 6.45) is 10.3. The van der Waals surface area contributed by atoms with Crippen molar-refractivity contribution >= 4 is 5.97 Å². The van der Waals surface area contributed by atoms with E-state index in [4.69, 9.17) is 9.47 Å². The molecular formula is C22H37NO3. The molecule has 0 aromatic carbocycles. The Balaban J connectivity index is 2.09. The summed E-state index contributed by atoms with van der Waals surface area (Å²) in [4.78, 5) is 14.5. The van der Waals surface area contributed by atoms with Gasteiger partial charge in [0.2, 0.25) is 0 Å². The number of nitrogens with zero attached hydrogens (tertiary/aromatic N) is 1. The van der Waals surface area contributed by atoms with E-state index in [0.717, 1.165) is 38.6 Å². The van der Waals surface area contributed by atoms with Gasteiger partial charge >= 0.3 is 5.97 Å². The lowest BCUT2D eigenvalue weighted by molar-refractivity contribution is -0.155. The van der Waals surface area contributed by atoms with Crippen LogP contribution in [0.25, 0.3) is 0 Å². The van der Waals surface area contributed by atoms with Crippen molar-refractivity contribution in [2.45, 2.75) is 92.0 Å². The van der Waals surface area contributed by atoms with Crippen molar-refractivity contribution in [2.24, 2.45) is 5.41 Å². The highest BCUT2D eigenvalue weighted by Crippen LogP contribution is 2.45. The number of ether oxygens (including phenoxy) is 2. The highest BCUT2D eigenvalue weighted by atomic mass is 16.5. The molecule has 0 spiro atoms. The van der Waals surface area contributed by atoms with E-state index in [1.165, 1.54) is 11.1 Å². The molecular weight excluding hydrogens is 326 g/mol. The number of rotatable bonds is 7. The Labute approximate surface area is 159 Å². The van der Waals surface area contributed by atoms with E-state index in [9.17, 15) is 4.79 Å². The molecule has 4 nitrogen and oxygen atoms in total. The number of hydrogen-bond donors (Lipinski definition) is 0. The fourth-order valence-corrected chi connectivity index (χ4v) is 4.29. The summed E-state index contributed by atoms with van der Waals surface area (Å²) in [5, 5.41) is 0. The largest absolute Gasteiger partial charge is 0.465 e.